The second-order valence-electron chi connectivity index (χ2n) is 5.46. The largest absolute Gasteiger partial charge is 0.394 e. The Bertz CT molecular complexity index is 629. The van der Waals surface area contributed by atoms with Crippen LogP contribution in [0, 0.1) is 0 Å². The quantitative estimate of drug-likeness (QED) is 0.744. The van der Waals surface area contributed by atoms with Crippen LogP contribution in [0.4, 0.5) is 5.82 Å². The molecule has 0 aromatic carbocycles. The average Bonchev–Trinajstić information content (AvgIpc) is 3.02. The van der Waals surface area contributed by atoms with Gasteiger partial charge in [-0.25, -0.2) is 15.0 Å². The van der Waals surface area contributed by atoms with Crippen molar-refractivity contribution in [1.82, 2.24) is 19.5 Å². The van der Waals surface area contributed by atoms with E-state index in [1.54, 1.807) is 10.9 Å². The first-order valence-corrected chi connectivity index (χ1v) is 6.98. The molecule has 1 saturated heterocycles. The molecule has 3 N–H and O–H groups in total. The Kier molecular flexibility index (Phi) is 3.75. The van der Waals surface area contributed by atoms with Crippen LogP contribution in [0.3, 0.4) is 0 Å². The third kappa shape index (κ3) is 2.57. The molecule has 0 saturated carbocycles. The highest BCUT2D eigenvalue weighted by atomic mass is 16.5. The van der Waals surface area contributed by atoms with E-state index in [9.17, 15) is 5.11 Å². The Morgan fingerprint density at radius 3 is 2.90 bits per heavy atom. The number of anilines is 1. The van der Waals surface area contributed by atoms with Gasteiger partial charge in [-0.05, 0) is 13.8 Å². The third-order valence-corrected chi connectivity index (χ3v) is 3.48. The second kappa shape index (κ2) is 5.55. The molecule has 3 atom stereocenters. The van der Waals surface area contributed by atoms with Crippen LogP contribution >= 0.6 is 0 Å². The lowest BCUT2D eigenvalue weighted by molar-refractivity contribution is -0.0432. The number of ether oxygens (including phenoxy) is 1. The molecule has 1 aliphatic heterocycles. The normalized spacial score (nSPS) is 25.9. The standard InChI is InChI=1S/C13H19N5O3/c1-7(2)17-12-11-13(15-5-14-12)18(6-16-11)10-3-8(20)9(4-19)21-10/h5-10,19-20H,3-4H2,1-2H3,(H,14,15,17)/t8-,9+,10+/m0/s1. The minimum absolute atomic E-state index is 0.209. The summed E-state index contributed by atoms with van der Waals surface area (Å²) in [6.45, 7) is 3.83. The van der Waals surface area contributed by atoms with E-state index in [0.29, 0.717) is 23.4 Å². The molecule has 2 aromatic rings. The zero-order chi connectivity index (χ0) is 15.0. The lowest BCUT2D eigenvalue weighted by Gasteiger charge is -2.14. The Labute approximate surface area is 121 Å². The molecule has 0 unspecified atom stereocenters. The summed E-state index contributed by atoms with van der Waals surface area (Å²) >= 11 is 0. The van der Waals surface area contributed by atoms with Gasteiger partial charge in [0.1, 0.15) is 18.7 Å². The van der Waals surface area contributed by atoms with Crippen LogP contribution in [0.2, 0.25) is 0 Å². The molecule has 0 aliphatic carbocycles. The number of nitrogens with one attached hydrogen (secondary N) is 1. The van der Waals surface area contributed by atoms with Crippen molar-refractivity contribution < 1.29 is 14.9 Å². The Morgan fingerprint density at radius 2 is 2.24 bits per heavy atom. The lowest BCUT2D eigenvalue weighted by atomic mass is 10.2. The van der Waals surface area contributed by atoms with Crippen molar-refractivity contribution in [2.45, 2.75) is 44.7 Å². The van der Waals surface area contributed by atoms with E-state index in [0.717, 1.165) is 0 Å². The maximum atomic E-state index is 9.84. The molecular weight excluding hydrogens is 274 g/mol. The summed E-state index contributed by atoms with van der Waals surface area (Å²) in [7, 11) is 0. The fourth-order valence-electron chi connectivity index (χ4n) is 2.49. The number of rotatable bonds is 4. The van der Waals surface area contributed by atoms with Crippen LogP contribution < -0.4 is 5.32 Å². The van der Waals surface area contributed by atoms with Crippen LogP contribution in [0.15, 0.2) is 12.7 Å². The number of fused-ring (bicyclic) bond motifs is 1. The van der Waals surface area contributed by atoms with Gasteiger partial charge >= 0.3 is 0 Å². The van der Waals surface area contributed by atoms with Crippen molar-refractivity contribution in [2.75, 3.05) is 11.9 Å². The van der Waals surface area contributed by atoms with Crippen LogP contribution in [-0.2, 0) is 4.74 Å². The summed E-state index contributed by atoms with van der Waals surface area (Å²) in [5.41, 5.74) is 1.31. The molecule has 2 aromatic heterocycles. The Morgan fingerprint density at radius 1 is 1.43 bits per heavy atom. The highest BCUT2D eigenvalue weighted by Crippen LogP contribution is 2.31. The van der Waals surface area contributed by atoms with Crippen LogP contribution in [0.1, 0.15) is 26.5 Å². The van der Waals surface area contributed by atoms with E-state index in [1.807, 2.05) is 13.8 Å². The van der Waals surface area contributed by atoms with Gasteiger partial charge in [0.2, 0.25) is 0 Å². The third-order valence-electron chi connectivity index (χ3n) is 3.48. The molecule has 0 bridgehead atoms. The Hall–Kier alpha value is -1.77. The average molecular weight is 293 g/mol. The highest BCUT2D eigenvalue weighted by Gasteiger charge is 2.35. The molecule has 3 rings (SSSR count). The van der Waals surface area contributed by atoms with Gasteiger partial charge in [-0.2, -0.15) is 0 Å². The summed E-state index contributed by atoms with van der Waals surface area (Å²) in [6.07, 6.45) is 1.86. The summed E-state index contributed by atoms with van der Waals surface area (Å²) < 4.78 is 7.40. The smallest absolute Gasteiger partial charge is 0.167 e. The number of hydrogen-bond donors (Lipinski definition) is 3. The molecule has 0 spiro atoms. The molecule has 8 nitrogen and oxygen atoms in total. The summed E-state index contributed by atoms with van der Waals surface area (Å²) in [5.74, 6) is 0.672. The van der Waals surface area contributed by atoms with Gasteiger partial charge in [0, 0.05) is 12.5 Å². The van der Waals surface area contributed by atoms with E-state index in [-0.39, 0.29) is 18.9 Å². The van der Waals surface area contributed by atoms with Crippen molar-refractivity contribution in [3.8, 4) is 0 Å². The number of imidazole rings is 1. The molecule has 21 heavy (non-hydrogen) atoms. The van der Waals surface area contributed by atoms with E-state index < -0.39 is 12.2 Å². The van der Waals surface area contributed by atoms with E-state index in [1.165, 1.54) is 6.33 Å². The van der Waals surface area contributed by atoms with E-state index in [2.05, 4.69) is 20.3 Å². The van der Waals surface area contributed by atoms with E-state index >= 15 is 0 Å². The SMILES string of the molecule is CC(C)Nc1ncnc2c1ncn2[C@H]1C[C@H](O)[C@@H](CO)O1. The predicted octanol–water partition coefficient (Wildman–Crippen LogP) is 0.287. The van der Waals surface area contributed by atoms with Crippen molar-refractivity contribution >= 4 is 17.0 Å². The maximum absolute atomic E-state index is 9.84. The maximum Gasteiger partial charge on any atom is 0.167 e. The zero-order valence-corrected chi connectivity index (χ0v) is 12.0. The molecule has 1 fully saturated rings. The summed E-state index contributed by atoms with van der Waals surface area (Å²) in [5, 5.41) is 22.2. The van der Waals surface area contributed by atoms with Crippen molar-refractivity contribution in [3.05, 3.63) is 12.7 Å². The van der Waals surface area contributed by atoms with Crippen molar-refractivity contribution in [2.24, 2.45) is 0 Å². The summed E-state index contributed by atoms with van der Waals surface area (Å²) in [6, 6.07) is 0.233. The van der Waals surface area contributed by atoms with Gasteiger partial charge in [0.25, 0.3) is 0 Å². The minimum Gasteiger partial charge on any atom is -0.394 e. The van der Waals surface area contributed by atoms with Gasteiger partial charge in [0.05, 0.1) is 19.0 Å². The number of aliphatic hydroxyl groups is 2. The molecule has 114 valence electrons. The van der Waals surface area contributed by atoms with Crippen LogP contribution in [-0.4, -0.2) is 54.6 Å². The first kappa shape index (κ1) is 14.2. The predicted molar refractivity (Wildman–Crippen MR) is 75.7 cm³/mol. The van der Waals surface area contributed by atoms with E-state index in [4.69, 9.17) is 9.84 Å². The molecule has 0 amide bonds. The topological polar surface area (TPSA) is 105 Å². The molecule has 0 radical (unpaired) electrons. The van der Waals surface area contributed by atoms with Crippen LogP contribution in [0.5, 0.6) is 0 Å². The fourth-order valence-corrected chi connectivity index (χ4v) is 2.49. The minimum atomic E-state index is -0.687. The first-order chi connectivity index (χ1) is 10.1. The molecule has 8 heteroatoms. The van der Waals surface area contributed by atoms with Gasteiger partial charge in [-0.15, -0.1) is 0 Å². The van der Waals surface area contributed by atoms with Gasteiger partial charge in [-0.3, -0.25) is 4.57 Å². The monoisotopic (exact) mass is 293 g/mol. The van der Waals surface area contributed by atoms with Gasteiger partial charge in [0.15, 0.2) is 17.0 Å². The number of aliphatic hydroxyl groups excluding tert-OH is 2. The number of aromatic nitrogens is 4. The first-order valence-electron chi connectivity index (χ1n) is 6.98. The number of nitrogens with zero attached hydrogens (tertiary/aromatic N) is 4. The zero-order valence-electron chi connectivity index (χ0n) is 12.0. The second-order valence-corrected chi connectivity index (χ2v) is 5.46. The highest BCUT2D eigenvalue weighted by molar-refractivity contribution is 5.82. The molecular formula is C13H19N5O3. The lowest BCUT2D eigenvalue weighted by Crippen LogP contribution is -2.24. The molecule has 1 aliphatic rings. The van der Waals surface area contributed by atoms with Gasteiger partial charge < -0.3 is 20.3 Å². The Balaban J connectivity index is 1.94. The van der Waals surface area contributed by atoms with Gasteiger partial charge in [-0.1, -0.05) is 0 Å². The summed E-state index contributed by atoms with van der Waals surface area (Å²) in [4.78, 5) is 12.8. The van der Waals surface area contributed by atoms with Crippen molar-refractivity contribution in [1.29, 1.82) is 0 Å². The van der Waals surface area contributed by atoms with Crippen LogP contribution in [0.25, 0.3) is 11.2 Å². The fraction of sp³-hybridized carbons (Fsp3) is 0.615. The number of hydrogen-bond acceptors (Lipinski definition) is 7. The van der Waals surface area contributed by atoms with Crippen molar-refractivity contribution in [3.63, 3.8) is 0 Å². The molecule has 3 heterocycles.